The van der Waals surface area contributed by atoms with Crippen LogP contribution in [0.1, 0.15) is 60.3 Å². The summed E-state index contributed by atoms with van der Waals surface area (Å²) in [6.45, 7) is 11.8. The van der Waals surface area contributed by atoms with Gasteiger partial charge in [0, 0.05) is 12.1 Å². The van der Waals surface area contributed by atoms with Gasteiger partial charge in [-0.15, -0.1) is 0 Å². The summed E-state index contributed by atoms with van der Waals surface area (Å²) in [4.78, 5) is 0. The quantitative estimate of drug-likeness (QED) is 0.726. The van der Waals surface area contributed by atoms with Crippen molar-refractivity contribution in [3.05, 3.63) is 0 Å². The van der Waals surface area contributed by atoms with Crippen LogP contribution in [0.2, 0.25) is 0 Å². The zero-order chi connectivity index (χ0) is 10.8. The van der Waals surface area contributed by atoms with Crippen LogP contribution in [0.15, 0.2) is 0 Å². The Hall–Kier alpha value is -0.0400. The molecule has 0 aromatic rings. The molecule has 1 heteroatoms. The Morgan fingerprint density at radius 2 is 1.79 bits per heavy atom. The average Bonchev–Trinajstić information content (AvgIpc) is 2.35. The van der Waals surface area contributed by atoms with Gasteiger partial charge in [-0.3, -0.25) is 0 Å². The molecule has 1 saturated carbocycles. The molecule has 2 unspecified atom stereocenters. The second-order valence-electron chi connectivity index (χ2n) is 5.84. The highest BCUT2D eigenvalue weighted by atomic mass is 15.0. The lowest BCUT2D eigenvalue weighted by Gasteiger charge is -2.24. The highest BCUT2D eigenvalue weighted by Crippen LogP contribution is 2.41. The second kappa shape index (κ2) is 4.65. The lowest BCUT2D eigenvalue weighted by molar-refractivity contribution is 0.343. The van der Waals surface area contributed by atoms with Crippen LogP contribution in [0.4, 0.5) is 0 Å². The first-order valence-corrected chi connectivity index (χ1v) is 6.24. The molecule has 1 nitrogen and oxygen atoms in total. The summed E-state index contributed by atoms with van der Waals surface area (Å²) >= 11 is 0. The van der Waals surface area contributed by atoms with E-state index in [2.05, 4.69) is 39.9 Å². The van der Waals surface area contributed by atoms with Crippen LogP contribution in [0, 0.1) is 11.3 Å². The fourth-order valence-corrected chi connectivity index (χ4v) is 2.94. The van der Waals surface area contributed by atoms with Gasteiger partial charge in [-0.1, -0.05) is 34.6 Å². The smallest absolute Gasteiger partial charge is 0.0101 e. The van der Waals surface area contributed by atoms with Gasteiger partial charge in [0.1, 0.15) is 0 Å². The Bertz CT molecular complexity index is 170. The van der Waals surface area contributed by atoms with Crippen LogP contribution in [0.5, 0.6) is 0 Å². The van der Waals surface area contributed by atoms with Crippen LogP contribution in [0.3, 0.4) is 0 Å². The van der Waals surface area contributed by atoms with Gasteiger partial charge in [-0.2, -0.15) is 0 Å². The molecule has 14 heavy (non-hydrogen) atoms. The predicted octanol–water partition coefficient (Wildman–Crippen LogP) is 3.59. The van der Waals surface area contributed by atoms with Crippen LogP contribution in [0.25, 0.3) is 0 Å². The van der Waals surface area contributed by atoms with Gasteiger partial charge in [0.2, 0.25) is 0 Å². The average molecular weight is 197 g/mol. The van der Waals surface area contributed by atoms with Gasteiger partial charge in [0.15, 0.2) is 0 Å². The molecule has 1 rings (SSSR count). The van der Waals surface area contributed by atoms with Gasteiger partial charge >= 0.3 is 0 Å². The van der Waals surface area contributed by atoms with Gasteiger partial charge in [-0.25, -0.2) is 0 Å². The highest BCUT2D eigenvalue weighted by molar-refractivity contribution is 4.92. The van der Waals surface area contributed by atoms with Crippen molar-refractivity contribution in [2.45, 2.75) is 72.4 Å². The Labute approximate surface area is 89.7 Å². The van der Waals surface area contributed by atoms with Gasteiger partial charge in [-0.05, 0) is 37.0 Å². The van der Waals surface area contributed by atoms with E-state index in [0.29, 0.717) is 5.41 Å². The first-order chi connectivity index (χ1) is 6.48. The van der Waals surface area contributed by atoms with Crippen molar-refractivity contribution >= 4 is 0 Å². The van der Waals surface area contributed by atoms with Crippen molar-refractivity contribution in [3.63, 3.8) is 0 Å². The van der Waals surface area contributed by atoms with Gasteiger partial charge in [0.25, 0.3) is 0 Å². The summed E-state index contributed by atoms with van der Waals surface area (Å²) in [7, 11) is 0. The van der Waals surface area contributed by atoms with Crippen LogP contribution in [-0.2, 0) is 0 Å². The lowest BCUT2D eigenvalue weighted by atomic mass is 9.91. The number of rotatable bonds is 4. The maximum Gasteiger partial charge on any atom is 0.0101 e. The monoisotopic (exact) mass is 197 g/mol. The standard InChI is InChI=1S/C13H27N/c1-6-11(7-2)14-12-9-13(4,5)8-10(12)3/h10-12,14H,6-9H2,1-5H3. The topological polar surface area (TPSA) is 12.0 Å². The van der Waals surface area contributed by atoms with Crippen molar-refractivity contribution in [1.82, 2.24) is 5.32 Å². The molecule has 0 aliphatic heterocycles. The maximum absolute atomic E-state index is 3.82. The molecule has 0 spiro atoms. The molecule has 2 atom stereocenters. The van der Waals surface area contributed by atoms with Crippen LogP contribution in [-0.4, -0.2) is 12.1 Å². The van der Waals surface area contributed by atoms with Crippen molar-refractivity contribution in [3.8, 4) is 0 Å². The molecule has 0 bridgehead atoms. The Morgan fingerprint density at radius 1 is 1.21 bits per heavy atom. The fourth-order valence-electron chi connectivity index (χ4n) is 2.94. The summed E-state index contributed by atoms with van der Waals surface area (Å²) in [5.74, 6) is 0.852. The zero-order valence-corrected chi connectivity index (χ0v) is 10.6. The minimum atomic E-state index is 0.559. The molecule has 0 amide bonds. The van der Waals surface area contributed by atoms with Crippen molar-refractivity contribution in [2.24, 2.45) is 11.3 Å². The summed E-state index contributed by atoms with van der Waals surface area (Å²) in [5, 5.41) is 3.82. The third-order valence-corrected chi connectivity index (χ3v) is 3.77. The molecular weight excluding hydrogens is 170 g/mol. The van der Waals surface area contributed by atoms with E-state index in [1.165, 1.54) is 25.7 Å². The summed E-state index contributed by atoms with van der Waals surface area (Å²) in [6, 6.07) is 1.49. The van der Waals surface area contributed by atoms with Crippen molar-refractivity contribution in [1.29, 1.82) is 0 Å². The Morgan fingerprint density at radius 3 is 2.14 bits per heavy atom. The molecule has 0 saturated heterocycles. The SMILES string of the molecule is CCC(CC)NC1CC(C)(C)CC1C. The third kappa shape index (κ3) is 2.98. The second-order valence-corrected chi connectivity index (χ2v) is 5.84. The normalized spacial score (nSPS) is 31.3. The minimum Gasteiger partial charge on any atom is -0.311 e. The largest absolute Gasteiger partial charge is 0.311 e. The summed E-state index contributed by atoms with van der Waals surface area (Å²) in [5.41, 5.74) is 0.559. The fraction of sp³-hybridized carbons (Fsp3) is 1.00. The molecule has 0 radical (unpaired) electrons. The van der Waals surface area contributed by atoms with Crippen LogP contribution >= 0.6 is 0 Å². The maximum atomic E-state index is 3.82. The number of nitrogens with one attached hydrogen (secondary N) is 1. The molecule has 0 aromatic heterocycles. The van der Waals surface area contributed by atoms with E-state index < -0.39 is 0 Å². The Balaban J connectivity index is 2.45. The van der Waals surface area contributed by atoms with E-state index in [1.54, 1.807) is 0 Å². The van der Waals surface area contributed by atoms with E-state index in [0.717, 1.165) is 18.0 Å². The highest BCUT2D eigenvalue weighted by Gasteiger charge is 2.36. The third-order valence-electron chi connectivity index (χ3n) is 3.77. The van der Waals surface area contributed by atoms with E-state index in [-0.39, 0.29) is 0 Å². The predicted molar refractivity (Wildman–Crippen MR) is 63.5 cm³/mol. The first kappa shape index (κ1) is 12.0. The summed E-state index contributed by atoms with van der Waals surface area (Å²) in [6.07, 6.45) is 5.26. The lowest BCUT2D eigenvalue weighted by Crippen LogP contribution is -2.39. The molecule has 1 aliphatic carbocycles. The Kier molecular flexibility index (Phi) is 4.00. The van der Waals surface area contributed by atoms with E-state index in [4.69, 9.17) is 0 Å². The van der Waals surface area contributed by atoms with Gasteiger partial charge < -0.3 is 5.32 Å². The summed E-state index contributed by atoms with van der Waals surface area (Å²) < 4.78 is 0. The molecule has 1 fully saturated rings. The molecule has 84 valence electrons. The molecule has 1 N–H and O–H groups in total. The van der Waals surface area contributed by atoms with Crippen molar-refractivity contribution in [2.75, 3.05) is 0 Å². The molecular formula is C13H27N. The zero-order valence-electron chi connectivity index (χ0n) is 10.6. The number of hydrogen-bond acceptors (Lipinski definition) is 1. The van der Waals surface area contributed by atoms with E-state index in [9.17, 15) is 0 Å². The van der Waals surface area contributed by atoms with Gasteiger partial charge in [0.05, 0.1) is 0 Å². The number of hydrogen-bond donors (Lipinski definition) is 1. The van der Waals surface area contributed by atoms with E-state index >= 15 is 0 Å². The van der Waals surface area contributed by atoms with Crippen molar-refractivity contribution < 1.29 is 0 Å². The minimum absolute atomic E-state index is 0.559. The first-order valence-electron chi connectivity index (χ1n) is 6.24. The molecule has 1 aliphatic rings. The van der Waals surface area contributed by atoms with Crippen LogP contribution < -0.4 is 5.32 Å². The molecule has 0 aromatic carbocycles. The molecule has 0 heterocycles. The van der Waals surface area contributed by atoms with E-state index in [1.807, 2.05) is 0 Å².